The number of rotatable bonds is 7. The zero-order valence-corrected chi connectivity index (χ0v) is 17.8. The van der Waals surface area contributed by atoms with Crippen molar-refractivity contribution >= 4 is 34.6 Å². The molecule has 2 aromatic carbocycles. The van der Waals surface area contributed by atoms with E-state index < -0.39 is 11.4 Å². The van der Waals surface area contributed by atoms with Crippen LogP contribution in [0.15, 0.2) is 52.4 Å². The van der Waals surface area contributed by atoms with E-state index in [9.17, 15) is 4.55 Å². The van der Waals surface area contributed by atoms with E-state index in [0.717, 1.165) is 28.8 Å². The van der Waals surface area contributed by atoms with Crippen molar-refractivity contribution in [2.45, 2.75) is 24.4 Å². The Hall–Kier alpha value is -2.23. The third-order valence-electron chi connectivity index (χ3n) is 4.58. The Morgan fingerprint density at radius 2 is 2.03 bits per heavy atom. The fourth-order valence-electron chi connectivity index (χ4n) is 3.07. The molecule has 0 saturated carbocycles. The lowest BCUT2D eigenvalue weighted by atomic mass is 10.0. The van der Waals surface area contributed by atoms with Crippen LogP contribution < -0.4 is 26.2 Å². The number of hydrogen-bond donors (Lipinski definition) is 4. The van der Waals surface area contributed by atoms with Gasteiger partial charge in [-0.1, -0.05) is 23.7 Å². The third kappa shape index (κ3) is 5.43. The van der Waals surface area contributed by atoms with Crippen LogP contribution in [-0.4, -0.2) is 30.3 Å². The molecule has 2 aromatic rings. The zero-order chi connectivity index (χ0) is 21.0. The minimum absolute atomic E-state index is 0.262. The minimum atomic E-state index is -1.46. The van der Waals surface area contributed by atoms with Gasteiger partial charge in [0.1, 0.15) is 11.9 Å². The number of ether oxygens (including phenoxy) is 1. The number of hydrogen-bond acceptors (Lipinski definition) is 7. The number of aryl methyl sites for hydroxylation is 1. The van der Waals surface area contributed by atoms with Crippen LogP contribution >= 0.6 is 11.6 Å². The highest BCUT2D eigenvalue weighted by molar-refractivity contribution is 7.89. The molecule has 2 unspecified atom stereocenters. The summed E-state index contributed by atoms with van der Waals surface area (Å²) in [4.78, 5) is 5.00. The summed E-state index contributed by atoms with van der Waals surface area (Å²) in [5.74, 6) is 0.964. The molecule has 0 amide bonds. The van der Waals surface area contributed by atoms with Gasteiger partial charge in [0.15, 0.2) is 10.9 Å². The van der Waals surface area contributed by atoms with Crippen molar-refractivity contribution in [2.75, 3.05) is 13.7 Å². The first-order valence-electron chi connectivity index (χ1n) is 9.02. The molecular weight excluding hydrogens is 410 g/mol. The SMILES string of the molecule is COc1cc(C)c(C2=CC(NCCc3ccc([S+](N)[O-])cc3)N=C(N)N2)cc1Cl. The number of nitrogens with one attached hydrogen (secondary N) is 2. The molecular formula is C20H24ClN5O2S. The smallest absolute Gasteiger partial charge is 0.195 e. The summed E-state index contributed by atoms with van der Waals surface area (Å²) in [7, 11) is 1.59. The fraction of sp³-hybridized carbons (Fsp3) is 0.250. The van der Waals surface area contributed by atoms with Crippen molar-refractivity contribution < 1.29 is 9.29 Å². The number of methoxy groups -OCH3 is 1. The first kappa shape index (κ1) is 21.5. The van der Waals surface area contributed by atoms with Gasteiger partial charge in [-0.2, -0.15) is 0 Å². The summed E-state index contributed by atoms with van der Waals surface area (Å²) in [6.07, 6.45) is 2.50. The van der Waals surface area contributed by atoms with E-state index in [1.54, 1.807) is 19.2 Å². The quantitative estimate of drug-likeness (QED) is 0.496. The summed E-state index contributed by atoms with van der Waals surface area (Å²) >= 11 is 4.83. The average Bonchev–Trinajstić information content (AvgIpc) is 2.69. The Balaban J connectivity index is 1.67. The van der Waals surface area contributed by atoms with E-state index in [0.29, 0.717) is 28.2 Å². The third-order valence-corrected chi connectivity index (χ3v) is 5.61. The molecule has 29 heavy (non-hydrogen) atoms. The standard InChI is InChI=1S/C20H24ClN5O2S/c1-12-9-18(28-2)16(21)10-15(12)17-11-19(26-20(22)25-17)24-8-7-13-3-5-14(6-4-13)29(23)27/h3-6,9-11,19,24H,7-8,23H2,1-2H3,(H3,22,25,26). The maximum Gasteiger partial charge on any atom is 0.195 e. The van der Waals surface area contributed by atoms with E-state index in [1.807, 2.05) is 37.3 Å². The molecule has 0 fully saturated rings. The largest absolute Gasteiger partial charge is 0.593 e. The first-order chi connectivity index (χ1) is 13.9. The summed E-state index contributed by atoms with van der Waals surface area (Å²) in [6.45, 7) is 2.68. The van der Waals surface area contributed by atoms with Gasteiger partial charge >= 0.3 is 0 Å². The fourth-order valence-corrected chi connectivity index (χ4v) is 3.72. The Morgan fingerprint density at radius 1 is 1.31 bits per heavy atom. The highest BCUT2D eigenvalue weighted by Crippen LogP contribution is 2.31. The van der Waals surface area contributed by atoms with E-state index >= 15 is 0 Å². The Bertz CT molecular complexity index is 931. The van der Waals surface area contributed by atoms with Crippen molar-refractivity contribution in [1.82, 2.24) is 10.6 Å². The van der Waals surface area contributed by atoms with Crippen LogP contribution in [0.1, 0.15) is 16.7 Å². The molecule has 0 aliphatic carbocycles. The van der Waals surface area contributed by atoms with Crippen molar-refractivity contribution in [1.29, 1.82) is 0 Å². The van der Waals surface area contributed by atoms with Crippen LogP contribution in [-0.2, 0) is 17.8 Å². The summed E-state index contributed by atoms with van der Waals surface area (Å²) in [5.41, 5.74) is 9.88. The van der Waals surface area contributed by atoms with E-state index in [2.05, 4.69) is 15.6 Å². The molecule has 0 radical (unpaired) electrons. The molecule has 1 aliphatic rings. The number of benzene rings is 2. The molecule has 0 saturated heterocycles. The van der Waals surface area contributed by atoms with E-state index in [-0.39, 0.29) is 6.17 Å². The molecule has 154 valence electrons. The molecule has 7 nitrogen and oxygen atoms in total. The van der Waals surface area contributed by atoms with Crippen LogP contribution in [0.2, 0.25) is 5.02 Å². The lowest BCUT2D eigenvalue weighted by Gasteiger charge is -2.22. The highest BCUT2D eigenvalue weighted by Gasteiger charge is 2.17. The van der Waals surface area contributed by atoms with Crippen molar-refractivity contribution in [3.05, 3.63) is 64.2 Å². The Kier molecular flexibility index (Phi) is 7.05. The zero-order valence-electron chi connectivity index (χ0n) is 16.2. The second kappa shape index (κ2) is 9.51. The molecule has 6 N–H and O–H groups in total. The van der Waals surface area contributed by atoms with Gasteiger partial charge in [0, 0.05) is 17.8 Å². The maximum atomic E-state index is 11.3. The number of aliphatic imine (C=N–C) groups is 1. The minimum Gasteiger partial charge on any atom is -0.593 e. The topological polar surface area (TPSA) is 121 Å². The summed E-state index contributed by atoms with van der Waals surface area (Å²) in [5, 5.41) is 12.4. The molecule has 1 heterocycles. The summed E-state index contributed by atoms with van der Waals surface area (Å²) in [6, 6.07) is 11.1. The molecule has 9 heteroatoms. The van der Waals surface area contributed by atoms with Crippen LogP contribution in [0.3, 0.4) is 0 Å². The van der Waals surface area contributed by atoms with Gasteiger partial charge in [-0.05, 0) is 54.8 Å². The monoisotopic (exact) mass is 433 g/mol. The van der Waals surface area contributed by atoms with Crippen molar-refractivity contribution in [3.8, 4) is 5.75 Å². The number of nitrogens with zero attached hydrogens (tertiary/aromatic N) is 1. The van der Waals surface area contributed by atoms with Gasteiger partial charge in [-0.25, -0.2) is 4.99 Å². The molecule has 0 bridgehead atoms. The van der Waals surface area contributed by atoms with E-state index in [1.165, 1.54) is 0 Å². The van der Waals surface area contributed by atoms with Gasteiger partial charge in [-0.15, -0.1) is 5.14 Å². The summed E-state index contributed by atoms with van der Waals surface area (Å²) < 4.78 is 16.5. The number of nitrogens with two attached hydrogens (primary N) is 2. The lowest BCUT2D eigenvalue weighted by Crippen LogP contribution is -2.40. The van der Waals surface area contributed by atoms with Crippen LogP contribution in [0.5, 0.6) is 5.75 Å². The van der Waals surface area contributed by atoms with Crippen LogP contribution in [0.25, 0.3) is 5.70 Å². The molecule has 0 aromatic heterocycles. The van der Waals surface area contributed by atoms with Crippen LogP contribution in [0.4, 0.5) is 0 Å². The van der Waals surface area contributed by atoms with Crippen molar-refractivity contribution in [2.24, 2.45) is 15.9 Å². The highest BCUT2D eigenvalue weighted by atomic mass is 35.5. The normalized spacial score (nSPS) is 17.2. The van der Waals surface area contributed by atoms with Crippen LogP contribution in [0, 0.1) is 6.92 Å². The van der Waals surface area contributed by atoms with Gasteiger partial charge in [0.25, 0.3) is 0 Å². The van der Waals surface area contributed by atoms with Gasteiger partial charge < -0.3 is 20.3 Å². The Labute approximate surface area is 178 Å². The van der Waals surface area contributed by atoms with E-state index in [4.69, 9.17) is 27.2 Å². The second-order valence-electron chi connectivity index (χ2n) is 6.61. The first-order valence-corrected chi connectivity index (χ1v) is 10.6. The number of halogens is 1. The number of guanidine groups is 1. The molecule has 0 spiro atoms. The predicted octanol–water partition coefficient (Wildman–Crippen LogP) is 2.06. The van der Waals surface area contributed by atoms with Gasteiger partial charge in [0.2, 0.25) is 0 Å². The Morgan fingerprint density at radius 3 is 2.69 bits per heavy atom. The average molecular weight is 434 g/mol. The van der Waals surface area contributed by atoms with Gasteiger partial charge in [-0.3, -0.25) is 5.32 Å². The maximum absolute atomic E-state index is 11.3. The molecule has 1 aliphatic heterocycles. The lowest BCUT2D eigenvalue weighted by molar-refractivity contribution is 0.414. The second-order valence-corrected chi connectivity index (χ2v) is 8.09. The molecule has 3 rings (SSSR count). The molecule has 2 atom stereocenters. The predicted molar refractivity (Wildman–Crippen MR) is 118 cm³/mol. The van der Waals surface area contributed by atoms with Crippen molar-refractivity contribution in [3.63, 3.8) is 0 Å². The van der Waals surface area contributed by atoms with Gasteiger partial charge in [0.05, 0.1) is 23.5 Å².